The van der Waals surface area contributed by atoms with E-state index in [-0.39, 0.29) is 22.5 Å². The maximum absolute atomic E-state index is 12.5. The van der Waals surface area contributed by atoms with Crippen molar-refractivity contribution < 1.29 is 24.5 Å². The highest BCUT2D eigenvalue weighted by molar-refractivity contribution is 7.10. The number of hydrogen-bond acceptors (Lipinski definition) is 5. The molecule has 0 radical (unpaired) electrons. The van der Waals surface area contributed by atoms with Gasteiger partial charge in [0.15, 0.2) is 5.78 Å². The van der Waals surface area contributed by atoms with Crippen LogP contribution in [0.3, 0.4) is 0 Å². The number of carbonyl (C=O) groups is 2. The molecule has 0 aliphatic rings. The number of carboxylic acid groups (broad SMARTS) is 1. The number of hydrogen-bond donors (Lipinski definition) is 2. The van der Waals surface area contributed by atoms with Gasteiger partial charge in [-0.05, 0) is 59.2 Å². The molecule has 0 atom stereocenters. The topological polar surface area (TPSA) is 83.8 Å². The molecule has 0 spiro atoms. The molecule has 1 aromatic heterocycles. The van der Waals surface area contributed by atoms with E-state index < -0.39 is 5.97 Å². The summed E-state index contributed by atoms with van der Waals surface area (Å²) in [7, 11) is 0. The monoisotopic (exact) mass is 438 g/mol. The third-order valence-corrected chi connectivity index (χ3v) is 5.75. The summed E-state index contributed by atoms with van der Waals surface area (Å²) in [5, 5.41) is 21.6. The van der Waals surface area contributed by atoms with Gasteiger partial charge in [-0.3, -0.25) is 4.79 Å². The van der Waals surface area contributed by atoms with Crippen molar-refractivity contribution in [3.8, 4) is 22.6 Å². The van der Waals surface area contributed by atoms with Crippen LogP contribution in [0.15, 0.2) is 47.8 Å². The molecular formula is C25H26O5S. The Morgan fingerprint density at radius 3 is 2.48 bits per heavy atom. The highest BCUT2D eigenvalue weighted by atomic mass is 32.1. The maximum Gasteiger partial charge on any atom is 0.335 e. The standard InChI is InChI=1S/C25H26O5S/c1-15-22(9-8-20(23(15)27)21(26)12-25(2,3)4)30-13-19-11-18(14-31-19)16-6-5-7-17(10-16)24(28)29/h5-11,14,27H,12-13H2,1-4H3,(H,28,29). The Balaban J connectivity index is 1.72. The van der Waals surface area contributed by atoms with E-state index in [9.17, 15) is 19.8 Å². The fraction of sp³-hybridized carbons (Fsp3) is 0.280. The summed E-state index contributed by atoms with van der Waals surface area (Å²) >= 11 is 1.51. The van der Waals surface area contributed by atoms with Gasteiger partial charge in [-0.2, -0.15) is 0 Å². The molecule has 0 aliphatic carbocycles. The lowest BCUT2D eigenvalue weighted by molar-refractivity contribution is 0.0696. The van der Waals surface area contributed by atoms with Crippen LogP contribution in [0.1, 0.15) is 58.3 Å². The number of carbonyl (C=O) groups excluding carboxylic acids is 1. The van der Waals surface area contributed by atoms with Crippen LogP contribution in [-0.2, 0) is 6.61 Å². The molecule has 0 unspecified atom stereocenters. The van der Waals surface area contributed by atoms with Crippen molar-refractivity contribution in [1.29, 1.82) is 0 Å². The fourth-order valence-electron chi connectivity index (χ4n) is 3.23. The Morgan fingerprint density at radius 2 is 1.81 bits per heavy atom. The van der Waals surface area contributed by atoms with E-state index in [4.69, 9.17) is 4.74 Å². The molecule has 0 aliphatic heterocycles. The average Bonchev–Trinajstić information content (AvgIpc) is 3.17. The van der Waals surface area contributed by atoms with Crippen LogP contribution >= 0.6 is 11.3 Å². The Bertz CT molecular complexity index is 1120. The van der Waals surface area contributed by atoms with E-state index in [1.807, 2.05) is 38.3 Å². The van der Waals surface area contributed by atoms with Crippen molar-refractivity contribution in [2.45, 2.75) is 40.7 Å². The third kappa shape index (κ3) is 5.52. The number of aromatic hydroxyl groups is 1. The van der Waals surface area contributed by atoms with Crippen molar-refractivity contribution in [2.75, 3.05) is 0 Å². The second-order valence-electron chi connectivity index (χ2n) is 8.72. The zero-order valence-corrected chi connectivity index (χ0v) is 18.9. The zero-order valence-electron chi connectivity index (χ0n) is 18.1. The predicted molar refractivity (Wildman–Crippen MR) is 122 cm³/mol. The van der Waals surface area contributed by atoms with Crippen LogP contribution in [0, 0.1) is 12.3 Å². The van der Waals surface area contributed by atoms with Crippen LogP contribution in [-0.4, -0.2) is 22.0 Å². The summed E-state index contributed by atoms with van der Waals surface area (Å²) in [6.07, 6.45) is 0.348. The Morgan fingerprint density at radius 1 is 1.06 bits per heavy atom. The lowest BCUT2D eigenvalue weighted by atomic mass is 9.87. The summed E-state index contributed by atoms with van der Waals surface area (Å²) in [5.74, 6) is -0.566. The predicted octanol–water partition coefficient (Wildman–Crippen LogP) is 6.33. The fourth-order valence-corrected chi connectivity index (χ4v) is 4.03. The van der Waals surface area contributed by atoms with Crippen molar-refractivity contribution in [3.05, 3.63) is 69.4 Å². The second kappa shape index (κ2) is 8.94. The van der Waals surface area contributed by atoms with Crippen LogP contribution in [0.2, 0.25) is 0 Å². The lowest BCUT2D eigenvalue weighted by Crippen LogP contribution is -2.13. The maximum atomic E-state index is 12.5. The first-order valence-corrected chi connectivity index (χ1v) is 10.8. The molecule has 0 saturated heterocycles. The molecule has 0 bridgehead atoms. The first kappa shape index (κ1) is 22.6. The quantitative estimate of drug-likeness (QED) is 0.421. The van der Waals surface area contributed by atoms with Gasteiger partial charge in [0.1, 0.15) is 18.1 Å². The van der Waals surface area contributed by atoms with Gasteiger partial charge in [-0.25, -0.2) is 4.79 Å². The average molecular weight is 439 g/mol. The molecule has 162 valence electrons. The van der Waals surface area contributed by atoms with E-state index in [0.717, 1.165) is 16.0 Å². The Kier molecular flexibility index (Phi) is 6.51. The summed E-state index contributed by atoms with van der Waals surface area (Å²) in [6.45, 7) is 7.99. The number of ether oxygens (including phenoxy) is 1. The molecule has 1 heterocycles. The largest absolute Gasteiger partial charge is 0.507 e. The van der Waals surface area contributed by atoms with Crippen molar-refractivity contribution in [2.24, 2.45) is 5.41 Å². The molecule has 0 saturated carbocycles. The summed E-state index contributed by atoms with van der Waals surface area (Å²) in [5.41, 5.74) is 2.69. The van der Waals surface area contributed by atoms with Gasteiger partial charge in [0.25, 0.3) is 0 Å². The summed E-state index contributed by atoms with van der Waals surface area (Å²) < 4.78 is 5.90. The molecular weight excluding hydrogens is 412 g/mol. The molecule has 0 amide bonds. The highest BCUT2D eigenvalue weighted by Gasteiger charge is 2.21. The van der Waals surface area contributed by atoms with Crippen LogP contribution < -0.4 is 4.74 Å². The molecule has 3 rings (SSSR count). The van der Waals surface area contributed by atoms with Gasteiger partial charge in [-0.15, -0.1) is 11.3 Å². The minimum absolute atomic E-state index is 0.0379. The molecule has 6 heteroatoms. The van der Waals surface area contributed by atoms with Crippen molar-refractivity contribution >= 4 is 23.1 Å². The number of benzene rings is 2. The smallest absolute Gasteiger partial charge is 0.335 e. The SMILES string of the molecule is Cc1c(OCc2cc(-c3cccc(C(=O)O)c3)cs2)ccc(C(=O)CC(C)(C)C)c1O. The number of Topliss-reactive ketones (excluding diaryl/α,β-unsaturated/α-hetero) is 1. The lowest BCUT2D eigenvalue weighted by Gasteiger charge is -2.18. The number of thiophene rings is 1. The first-order chi connectivity index (χ1) is 14.5. The first-order valence-electron chi connectivity index (χ1n) is 9.95. The molecule has 2 aromatic carbocycles. The normalized spacial score (nSPS) is 11.4. The number of carboxylic acids is 1. The molecule has 5 nitrogen and oxygen atoms in total. The Hall–Kier alpha value is -3.12. The van der Waals surface area contributed by atoms with Crippen LogP contribution in [0.4, 0.5) is 0 Å². The van der Waals surface area contributed by atoms with E-state index >= 15 is 0 Å². The van der Waals surface area contributed by atoms with E-state index in [1.165, 1.54) is 11.3 Å². The van der Waals surface area contributed by atoms with Gasteiger partial charge >= 0.3 is 5.97 Å². The zero-order chi connectivity index (χ0) is 22.8. The van der Waals surface area contributed by atoms with Crippen molar-refractivity contribution in [1.82, 2.24) is 0 Å². The summed E-state index contributed by atoms with van der Waals surface area (Å²) in [6, 6.07) is 12.1. The summed E-state index contributed by atoms with van der Waals surface area (Å²) in [4.78, 5) is 24.6. The molecule has 31 heavy (non-hydrogen) atoms. The van der Waals surface area contributed by atoms with Gasteiger partial charge in [0.2, 0.25) is 0 Å². The third-order valence-electron chi connectivity index (χ3n) is 4.84. The number of phenolic OH excluding ortho intramolecular Hbond substituents is 1. The van der Waals surface area contributed by atoms with E-state index in [1.54, 1.807) is 37.3 Å². The van der Waals surface area contributed by atoms with Gasteiger partial charge in [0.05, 0.1) is 11.1 Å². The minimum Gasteiger partial charge on any atom is -0.507 e. The minimum atomic E-state index is -0.958. The second-order valence-corrected chi connectivity index (χ2v) is 9.72. The number of aromatic carboxylic acids is 1. The Labute approximate surface area is 185 Å². The number of ketones is 1. The number of rotatable bonds is 7. The van der Waals surface area contributed by atoms with Gasteiger partial charge in [0, 0.05) is 16.9 Å². The molecule has 0 fully saturated rings. The highest BCUT2D eigenvalue weighted by Crippen LogP contribution is 2.34. The van der Waals surface area contributed by atoms with E-state index in [0.29, 0.717) is 29.9 Å². The van der Waals surface area contributed by atoms with Crippen LogP contribution in [0.25, 0.3) is 11.1 Å². The van der Waals surface area contributed by atoms with Crippen molar-refractivity contribution in [3.63, 3.8) is 0 Å². The number of phenols is 1. The molecule has 2 N–H and O–H groups in total. The molecule has 3 aromatic rings. The van der Waals surface area contributed by atoms with Gasteiger partial charge < -0.3 is 14.9 Å². The van der Waals surface area contributed by atoms with Gasteiger partial charge in [-0.1, -0.05) is 32.9 Å². The van der Waals surface area contributed by atoms with Crippen LogP contribution in [0.5, 0.6) is 11.5 Å². The van der Waals surface area contributed by atoms with E-state index in [2.05, 4.69) is 0 Å².